The van der Waals surface area contributed by atoms with Crippen LogP contribution in [0.4, 0.5) is 5.69 Å². The molecular weight excluding hydrogens is 418 g/mol. The first-order valence-electron chi connectivity index (χ1n) is 9.46. The molecule has 0 bridgehead atoms. The summed E-state index contributed by atoms with van der Waals surface area (Å²) in [6.07, 6.45) is 0. The Labute approximate surface area is 186 Å². The second-order valence-electron chi connectivity index (χ2n) is 6.67. The van der Waals surface area contributed by atoms with Gasteiger partial charge in [-0.05, 0) is 37.3 Å². The van der Waals surface area contributed by atoms with Crippen molar-refractivity contribution < 1.29 is 23.7 Å². The van der Waals surface area contributed by atoms with Crippen molar-refractivity contribution in [1.29, 1.82) is 0 Å². The fourth-order valence-corrected chi connectivity index (χ4v) is 3.74. The number of hydrogen-bond acceptors (Lipinski definition) is 6. The number of para-hydroxylation sites is 1. The van der Waals surface area contributed by atoms with E-state index in [2.05, 4.69) is 16.0 Å². The third-order valence-electron chi connectivity index (χ3n) is 4.91. The fraction of sp³-hybridized carbons (Fsp3) is 0.273. The average Bonchev–Trinajstić information content (AvgIpc) is 2.77. The SMILES string of the molecule is COc1ccc(OC)c(NC(=O)C2=C(C)NC(=S)N[C@H]2c2cccc(OC)c2OC)c1. The number of benzene rings is 2. The van der Waals surface area contributed by atoms with E-state index in [1.54, 1.807) is 52.5 Å². The molecule has 2 aromatic rings. The molecule has 31 heavy (non-hydrogen) atoms. The zero-order valence-electron chi connectivity index (χ0n) is 18.0. The Hall–Kier alpha value is -3.46. The van der Waals surface area contributed by atoms with Gasteiger partial charge in [-0.15, -0.1) is 0 Å². The molecule has 3 rings (SSSR count). The largest absolute Gasteiger partial charge is 0.497 e. The first-order valence-corrected chi connectivity index (χ1v) is 9.86. The number of methoxy groups -OCH3 is 4. The number of anilines is 1. The predicted octanol–water partition coefficient (Wildman–Crippen LogP) is 3.15. The van der Waals surface area contributed by atoms with Gasteiger partial charge in [-0.1, -0.05) is 12.1 Å². The highest BCUT2D eigenvalue weighted by Crippen LogP contribution is 2.39. The predicted molar refractivity (Wildman–Crippen MR) is 122 cm³/mol. The monoisotopic (exact) mass is 443 g/mol. The van der Waals surface area contributed by atoms with Crippen molar-refractivity contribution in [2.45, 2.75) is 13.0 Å². The summed E-state index contributed by atoms with van der Waals surface area (Å²) in [5.74, 6) is 1.84. The van der Waals surface area contributed by atoms with Gasteiger partial charge in [0, 0.05) is 17.3 Å². The van der Waals surface area contributed by atoms with E-state index in [1.807, 2.05) is 12.1 Å². The molecule has 164 valence electrons. The second-order valence-corrected chi connectivity index (χ2v) is 7.08. The zero-order valence-corrected chi connectivity index (χ0v) is 18.8. The summed E-state index contributed by atoms with van der Waals surface area (Å²) < 4.78 is 21.7. The lowest BCUT2D eigenvalue weighted by molar-refractivity contribution is -0.113. The summed E-state index contributed by atoms with van der Waals surface area (Å²) in [5.41, 5.74) is 2.27. The maximum absolute atomic E-state index is 13.4. The van der Waals surface area contributed by atoms with Crippen LogP contribution < -0.4 is 34.9 Å². The molecule has 1 aliphatic rings. The van der Waals surface area contributed by atoms with Crippen molar-refractivity contribution in [2.75, 3.05) is 33.8 Å². The van der Waals surface area contributed by atoms with Gasteiger partial charge in [0.25, 0.3) is 5.91 Å². The fourth-order valence-electron chi connectivity index (χ4n) is 3.47. The van der Waals surface area contributed by atoms with Crippen LogP contribution in [0.5, 0.6) is 23.0 Å². The molecule has 1 amide bonds. The van der Waals surface area contributed by atoms with E-state index in [0.29, 0.717) is 50.6 Å². The van der Waals surface area contributed by atoms with E-state index in [9.17, 15) is 4.79 Å². The van der Waals surface area contributed by atoms with Crippen LogP contribution in [0.1, 0.15) is 18.5 Å². The van der Waals surface area contributed by atoms with Crippen LogP contribution in [-0.2, 0) is 4.79 Å². The van der Waals surface area contributed by atoms with Crippen molar-refractivity contribution >= 4 is 28.9 Å². The highest BCUT2D eigenvalue weighted by molar-refractivity contribution is 7.80. The molecule has 1 atom stereocenters. The number of amides is 1. The normalized spacial score (nSPS) is 15.5. The Kier molecular flexibility index (Phi) is 6.86. The van der Waals surface area contributed by atoms with Crippen molar-refractivity contribution in [3.63, 3.8) is 0 Å². The molecule has 0 saturated carbocycles. The van der Waals surface area contributed by atoms with Crippen molar-refractivity contribution in [1.82, 2.24) is 10.6 Å². The van der Waals surface area contributed by atoms with Gasteiger partial charge in [0.15, 0.2) is 16.6 Å². The first kappa shape index (κ1) is 22.2. The minimum absolute atomic E-state index is 0.332. The molecule has 0 radical (unpaired) electrons. The van der Waals surface area contributed by atoms with E-state index in [4.69, 9.17) is 31.2 Å². The maximum atomic E-state index is 13.4. The minimum atomic E-state index is -0.560. The lowest BCUT2D eigenvalue weighted by atomic mass is 9.93. The van der Waals surface area contributed by atoms with Crippen molar-refractivity contribution in [2.24, 2.45) is 0 Å². The van der Waals surface area contributed by atoms with Crippen LogP contribution in [0.25, 0.3) is 0 Å². The number of carbonyl (C=O) groups excluding carboxylic acids is 1. The Morgan fingerprint density at radius 2 is 1.74 bits per heavy atom. The molecule has 0 aromatic heterocycles. The number of thiocarbonyl (C=S) groups is 1. The summed E-state index contributed by atoms with van der Waals surface area (Å²) in [6, 6.07) is 10.1. The molecule has 0 aliphatic carbocycles. The first-order chi connectivity index (χ1) is 14.9. The van der Waals surface area contributed by atoms with Crippen LogP contribution in [0, 0.1) is 0 Å². The lowest BCUT2D eigenvalue weighted by Crippen LogP contribution is -2.45. The zero-order chi connectivity index (χ0) is 22.5. The Bertz CT molecular complexity index is 1040. The van der Waals surface area contributed by atoms with Crippen molar-refractivity contribution in [3.05, 3.63) is 53.2 Å². The highest BCUT2D eigenvalue weighted by atomic mass is 32.1. The Balaban J connectivity index is 2.05. The summed E-state index contributed by atoms with van der Waals surface area (Å²) >= 11 is 5.35. The Morgan fingerprint density at radius 1 is 1.00 bits per heavy atom. The smallest absolute Gasteiger partial charge is 0.255 e. The number of hydrogen-bond donors (Lipinski definition) is 3. The van der Waals surface area contributed by atoms with E-state index in [1.165, 1.54) is 7.11 Å². The van der Waals surface area contributed by atoms with Crippen molar-refractivity contribution in [3.8, 4) is 23.0 Å². The standard InChI is InChI=1S/C22H25N3O5S/c1-12-18(21(26)24-15-11-13(27-2)9-10-16(15)28-3)19(25-22(31)23-12)14-7-6-8-17(29-4)20(14)30-5/h6-11,19H,1-5H3,(H,24,26)(H2,23,25,31)/t19-/m0/s1. The van der Waals surface area contributed by atoms with Gasteiger partial charge in [-0.3, -0.25) is 4.79 Å². The number of ether oxygens (including phenoxy) is 4. The van der Waals surface area contributed by atoms with Gasteiger partial charge in [0.1, 0.15) is 11.5 Å². The highest BCUT2D eigenvalue weighted by Gasteiger charge is 2.33. The molecule has 0 unspecified atom stereocenters. The van der Waals surface area contributed by atoms with Crippen LogP contribution in [0.3, 0.4) is 0 Å². The van der Waals surface area contributed by atoms with Gasteiger partial charge < -0.3 is 34.9 Å². The number of carbonyl (C=O) groups is 1. The quantitative estimate of drug-likeness (QED) is 0.563. The molecule has 3 N–H and O–H groups in total. The van der Waals surface area contributed by atoms with Crippen LogP contribution in [-0.4, -0.2) is 39.5 Å². The molecule has 1 aliphatic heterocycles. The minimum Gasteiger partial charge on any atom is -0.497 e. The summed E-state index contributed by atoms with van der Waals surface area (Å²) in [6.45, 7) is 1.80. The maximum Gasteiger partial charge on any atom is 0.255 e. The van der Waals surface area contributed by atoms with E-state index in [-0.39, 0.29) is 5.91 Å². The second kappa shape index (κ2) is 9.57. The molecule has 0 saturated heterocycles. The molecule has 1 heterocycles. The number of allylic oxidation sites excluding steroid dienone is 1. The lowest BCUT2D eigenvalue weighted by Gasteiger charge is -2.31. The number of rotatable bonds is 7. The van der Waals surface area contributed by atoms with Crippen LogP contribution in [0.15, 0.2) is 47.7 Å². The third kappa shape index (κ3) is 4.51. The third-order valence-corrected chi connectivity index (χ3v) is 5.13. The van der Waals surface area contributed by atoms with Gasteiger partial charge in [-0.2, -0.15) is 0 Å². The van der Waals surface area contributed by atoms with E-state index in [0.717, 1.165) is 0 Å². The molecule has 0 spiro atoms. The summed E-state index contributed by atoms with van der Waals surface area (Å²) in [5, 5.41) is 9.52. The summed E-state index contributed by atoms with van der Waals surface area (Å²) in [4.78, 5) is 13.4. The molecule has 8 nitrogen and oxygen atoms in total. The van der Waals surface area contributed by atoms with Crippen LogP contribution in [0.2, 0.25) is 0 Å². The van der Waals surface area contributed by atoms with Crippen LogP contribution >= 0.6 is 12.2 Å². The van der Waals surface area contributed by atoms with E-state index < -0.39 is 6.04 Å². The molecule has 0 fully saturated rings. The molecule has 2 aromatic carbocycles. The van der Waals surface area contributed by atoms with Gasteiger partial charge in [0.05, 0.1) is 45.7 Å². The summed E-state index contributed by atoms with van der Waals surface area (Å²) in [7, 11) is 6.21. The van der Waals surface area contributed by atoms with Gasteiger partial charge in [0.2, 0.25) is 0 Å². The van der Waals surface area contributed by atoms with E-state index >= 15 is 0 Å². The number of nitrogens with one attached hydrogen (secondary N) is 3. The Morgan fingerprint density at radius 3 is 2.39 bits per heavy atom. The average molecular weight is 444 g/mol. The topological polar surface area (TPSA) is 90.1 Å². The van der Waals surface area contributed by atoms with Gasteiger partial charge in [-0.25, -0.2) is 0 Å². The van der Waals surface area contributed by atoms with Gasteiger partial charge >= 0.3 is 0 Å². The molecular formula is C22H25N3O5S. The molecule has 9 heteroatoms.